The van der Waals surface area contributed by atoms with Crippen LogP contribution in [0.2, 0.25) is 5.02 Å². The first-order chi connectivity index (χ1) is 14.6. The van der Waals surface area contributed by atoms with Crippen LogP contribution in [0.15, 0.2) is 47.4 Å². The molecule has 0 saturated heterocycles. The summed E-state index contributed by atoms with van der Waals surface area (Å²) in [6.07, 6.45) is -1.68. The number of hydrogen-bond donors (Lipinski definition) is 2. The summed E-state index contributed by atoms with van der Waals surface area (Å²) in [6, 6.07) is 8.32. The van der Waals surface area contributed by atoms with Gasteiger partial charge in [0.05, 0.1) is 16.1 Å². The third-order valence-electron chi connectivity index (χ3n) is 5.30. The fourth-order valence-corrected chi connectivity index (χ4v) is 3.57. The monoisotopic (exact) mass is 448 g/mol. The minimum absolute atomic E-state index is 0.150. The van der Waals surface area contributed by atoms with Gasteiger partial charge in [0, 0.05) is 23.4 Å². The molecule has 3 N–H and O–H groups in total. The van der Waals surface area contributed by atoms with Crippen LogP contribution >= 0.6 is 11.6 Å². The lowest BCUT2D eigenvalue weighted by Crippen LogP contribution is -2.26. The second-order valence-electron chi connectivity index (χ2n) is 7.54. The van der Waals surface area contributed by atoms with Gasteiger partial charge in [0.15, 0.2) is 0 Å². The highest BCUT2D eigenvalue weighted by atomic mass is 35.5. The molecule has 0 bridgehead atoms. The molecule has 0 unspecified atom stereocenters. The predicted octanol–water partition coefficient (Wildman–Crippen LogP) is 3.98. The van der Waals surface area contributed by atoms with Crippen LogP contribution in [0.25, 0.3) is 22.6 Å². The molecule has 6 nitrogen and oxygen atoms in total. The molecule has 1 fully saturated rings. The van der Waals surface area contributed by atoms with Crippen molar-refractivity contribution in [2.45, 2.75) is 25.4 Å². The molecule has 31 heavy (non-hydrogen) atoms. The molecule has 1 aliphatic carbocycles. The molecule has 0 radical (unpaired) electrons. The molecule has 0 spiro atoms. The zero-order valence-electron chi connectivity index (χ0n) is 16.0. The maximum atomic E-state index is 12.7. The van der Waals surface area contributed by atoms with Crippen LogP contribution in [0.1, 0.15) is 24.1 Å². The third-order valence-corrected chi connectivity index (χ3v) is 5.63. The highest BCUT2D eigenvalue weighted by Gasteiger charge is 2.48. The van der Waals surface area contributed by atoms with Crippen LogP contribution in [0.4, 0.5) is 13.2 Å². The number of amides is 1. The number of carbonyl (C=O) groups is 1. The summed E-state index contributed by atoms with van der Waals surface area (Å²) in [5, 5.41) is 0.318. The Morgan fingerprint density at radius 1 is 1.19 bits per heavy atom. The van der Waals surface area contributed by atoms with Gasteiger partial charge >= 0.3 is 6.18 Å². The molecule has 3 aromatic rings. The molecule has 10 heteroatoms. The van der Waals surface area contributed by atoms with E-state index in [9.17, 15) is 22.8 Å². The minimum atomic E-state index is -4.57. The quantitative estimate of drug-likeness (QED) is 0.616. The van der Waals surface area contributed by atoms with E-state index < -0.39 is 22.8 Å². The number of nitrogens with two attached hydrogens (primary N) is 1. The predicted molar refractivity (Wildman–Crippen MR) is 108 cm³/mol. The number of H-pyrrole nitrogens is 1. The number of benzene rings is 1. The Morgan fingerprint density at radius 2 is 1.94 bits per heavy atom. The van der Waals surface area contributed by atoms with E-state index in [0.717, 1.165) is 23.9 Å². The van der Waals surface area contributed by atoms with E-state index in [1.54, 1.807) is 18.2 Å². The van der Waals surface area contributed by atoms with Crippen LogP contribution in [-0.4, -0.2) is 20.9 Å². The van der Waals surface area contributed by atoms with Crippen molar-refractivity contribution in [1.29, 1.82) is 0 Å². The lowest BCUT2D eigenvalue weighted by molar-refractivity contribution is -0.141. The van der Waals surface area contributed by atoms with E-state index in [1.165, 1.54) is 6.07 Å². The largest absolute Gasteiger partial charge is 0.433 e. The maximum absolute atomic E-state index is 12.7. The summed E-state index contributed by atoms with van der Waals surface area (Å²) in [6.45, 7) is 0. The van der Waals surface area contributed by atoms with Gasteiger partial charge < -0.3 is 10.7 Å². The summed E-state index contributed by atoms with van der Waals surface area (Å²) in [4.78, 5) is 34.3. The van der Waals surface area contributed by atoms with Crippen molar-refractivity contribution in [3.8, 4) is 22.6 Å². The topological polar surface area (TPSA) is 102 Å². The highest BCUT2D eigenvalue weighted by molar-refractivity contribution is 6.33. The molecule has 2 aromatic heterocycles. The van der Waals surface area contributed by atoms with Gasteiger partial charge in [0.25, 0.3) is 5.56 Å². The maximum Gasteiger partial charge on any atom is 0.433 e. The van der Waals surface area contributed by atoms with Gasteiger partial charge in [-0.2, -0.15) is 13.2 Å². The first kappa shape index (κ1) is 21.0. The number of rotatable bonds is 5. The highest BCUT2D eigenvalue weighted by Crippen LogP contribution is 2.48. The molecule has 160 valence electrons. The van der Waals surface area contributed by atoms with Gasteiger partial charge in [0.2, 0.25) is 5.91 Å². The summed E-state index contributed by atoms with van der Waals surface area (Å²) in [5.41, 5.74) is 5.03. The number of hydrogen-bond acceptors (Lipinski definition) is 4. The average Bonchev–Trinajstić information content (AvgIpc) is 3.49. The number of halogens is 4. The smallest absolute Gasteiger partial charge is 0.369 e. The van der Waals surface area contributed by atoms with E-state index in [2.05, 4.69) is 15.0 Å². The van der Waals surface area contributed by atoms with Crippen molar-refractivity contribution in [2.24, 2.45) is 11.1 Å². The molecule has 1 aliphatic rings. The Bertz CT molecular complexity index is 1220. The van der Waals surface area contributed by atoms with Crippen LogP contribution in [0.3, 0.4) is 0 Å². The molecule has 4 rings (SSSR count). The molecular weight excluding hydrogens is 433 g/mol. The summed E-state index contributed by atoms with van der Waals surface area (Å²) >= 11 is 6.31. The zero-order chi connectivity index (χ0) is 22.4. The lowest BCUT2D eigenvalue weighted by atomic mass is 9.94. The van der Waals surface area contributed by atoms with Crippen molar-refractivity contribution in [3.63, 3.8) is 0 Å². The second kappa shape index (κ2) is 7.49. The van der Waals surface area contributed by atoms with Gasteiger partial charge in [-0.15, -0.1) is 0 Å². The summed E-state index contributed by atoms with van der Waals surface area (Å²) < 4.78 is 38.2. The molecule has 0 atom stereocenters. The Hall–Kier alpha value is -3.20. The molecular formula is C21H16ClF3N4O2. The molecule has 1 aromatic carbocycles. The standard InChI is InChI=1S/C21H16ClF3N4O2/c22-14-3-1-11(9-20(5-6-20)19(26)31)7-13(14)18-28-15(8-17(30)29-18)12-2-4-16(27-10-12)21(23,24)25/h1-4,7-8,10H,5-6,9H2,(H2,26,31)(H,28,29,30). The zero-order valence-corrected chi connectivity index (χ0v) is 16.7. The number of nitrogens with one attached hydrogen (secondary N) is 1. The van der Waals surface area contributed by atoms with Crippen molar-refractivity contribution in [3.05, 3.63) is 69.2 Å². The second-order valence-corrected chi connectivity index (χ2v) is 7.95. The molecule has 0 aliphatic heterocycles. The normalized spacial score (nSPS) is 15.0. The summed E-state index contributed by atoms with van der Waals surface area (Å²) in [7, 11) is 0. The van der Waals surface area contributed by atoms with Crippen LogP contribution in [0, 0.1) is 5.41 Å². The number of pyridine rings is 1. The number of nitrogens with zero attached hydrogens (tertiary/aromatic N) is 2. The van der Waals surface area contributed by atoms with Gasteiger partial charge in [-0.05, 0) is 49.1 Å². The third kappa shape index (κ3) is 4.32. The average molecular weight is 449 g/mol. The van der Waals surface area contributed by atoms with Crippen LogP contribution in [-0.2, 0) is 17.4 Å². The van der Waals surface area contributed by atoms with E-state index in [4.69, 9.17) is 17.3 Å². The van der Waals surface area contributed by atoms with E-state index in [-0.39, 0.29) is 23.0 Å². The lowest BCUT2D eigenvalue weighted by Gasteiger charge is -2.13. The van der Waals surface area contributed by atoms with Crippen molar-refractivity contribution < 1.29 is 18.0 Å². The van der Waals surface area contributed by atoms with Crippen molar-refractivity contribution in [1.82, 2.24) is 15.0 Å². The SMILES string of the molecule is NC(=O)C1(Cc2ccc(Cl)c(-c3nc(-c4ccc(C(F)(F)F)nc4)cc(=O)[nH]3)c2)CC1. The number of primary amides is 1. The molecule has 1 amide bonds. The number of carbonyl (C=O) groups excluding carboxylic acids is 1. The summed E-state index contributed by atoms with van der Waals surface area (Å²) in [5.74, 6) is -0.203. The Kier molecular flexibility index (Phi) is 5.09. The van der Waals surface area contributed by atoms with Gasteiger partial charge in [0.1, 0.15) is 11.5 Å². The first-order valence-corrected chi connectivity index (χ1v) is 9.69. The fraction of sp³-hybridized carbons (Fsp3) is 0.238. The number of aromatic nitrogens is 3. The molecule has 2 heterocycles. The van der Waals surface area contributed by atoms with Crippen molar-refractivity contribution in [2.75, 3.05) is 0 Å². The first-order valence-electron chi connectivity index (χ1n) is 9.31. The van der Waals surface area contributed by atoms with Crippen LogP contribution < -0.4 is 11.3 Å². The van der Waals surface area contributed by atoms with Gasteiger partial charge in [-0.1, -0.05) is 17.7 Å². The van der Waals surface area contributed by atoms with Gasteiger partial charge in [-0.3, -0.25) is 14.6 Å². The molecule has 1 saturated carbocycles. The van der Waals surface area contributed by atoms with Crippen molar-refractivity contribution >= 4 is 17.5 Å². The Labute approximate surface area is 179 Å². The number of alkyl halides is 3. The van der Waals surface area contributed by atoms with E-state index in [1.807, 2.05) is 0 Å². The Morgan fingerprint density at radius 3 is 2.52 bits per heavy atom. The van der Waals surface area contributed by atoms with Gasteiger partial charge in [-0.25, -0.2) is 4.98 Å². The van der Waals surface area contributed by atoms with E-state index >= 15 is 0 Å². The van der Waals surface area contributed by atoms with E-state index in [0.29, 0.717) is 29.8 Å². The fourth-order valence-electron chi connectivity index (χ4n) is 3.36. The minimum Gasteiger partial charge on any atom is -0.369 e. The Balaban J connectivity index is 1.71. The number of aromatic amines is 1. The van der Waals surface area contributed by atoms with Crippen LogP contribution in [0.5, 0.6) is 0 Å².